The van der Waals surface area contributed by atoms with Gasteiger partial charge >= 0.3 is 18.2 Å². The zero-order valence-corrected chi connectivity index (χ0v) is 10.4. The van der Waals surface area contributed by atoms with Crippen LogP contribution in [0, 0.1) is 0 Å². The van der Waals surface area contributed by atoms with Gasteiger partial charge in [0.15, 0.2) is 0 Å². The van der Waals surface area contributed by atoms with Crippen LogP contribution in [-0.4, -0.2) is 64.7 Å². The second-order valence-electron chi connectivity index (χ2n) is 4.40. The van der Waals surface area contributed by atoms with Crippen molar-refractivity contribution in [2.45, 2.75) is 25.1 Å². The van der Waals surface area contributed by atoms with E-state index in [-0.39, 0.29) is 17.9 Å². The number of urea groups is 1. The summed E-state index contributed by atoms with van der Waals surface area (Å²) >= 11 is 0. The fourth-order valence-corrected chi connectivity index (χ4v) is 2.04. The molecule has 0 bridgehead atoms. The van der Waals surface area contributed by atoms with Crippen molar-refractivity contribution in [1.29, 1.82) is 0 Å². The molecule has 0 aromatic carbocycles. The Hall–Kier alpha value is -2.00. The molecule has 7 nitrogen and oxygen atoms in total. The maximum absolute atomic E-state index is 12.4. The van der Waals surface area contributed by atoms with Crippen LogP contribution in [0.2, 0.25) is 0 Å². The van der Waals surface area contributed by atoms with Gasteiger partial charge in [-0.3, -0.25) is 9.59 Å². The topological polar surface area (TPSA) is 104 Å². The van der Waals surface area contributed by atoms with Gasteiger partial charge in [-0.15, -0.1) is 0 Å². The van der Waals surface area contributed by atoms with Gasteiger partial charge in [-0.2, -0.15) is 13.2 Å². The van der Waals surface area contributed by atoms with Crippen molar-refractivity contribution in [3.63, 3.8) is 0 Å². The quantitative estimate of drug-likeness (QED) is 0.762. The third kappa shape index (κ3) is 4.28. The Labute approximate surface area is 112 Å². The van der Waals surface area contributed by atoms with Gasteiger partial charge in [0.1, 0.15) is 19.1 Å². The van der Waals surface area contributed by atoms with Crippen LogP contribution >= 0.6 is 0 Å². The molecule has 1 aliphatic rings. The number of carbonyl (C=O) groups excluding carboxylic acids is 2. The second kappa shape index (κ2) is 5.97. The lowest BCUT2D eigenvalue weighted by Crippen LogP contribution is -2.52. The fraction of sp³-hybridized carbons (Fsp3) is 0.700. The van der Waals surface area contributed by atoms with Crippen LogP contribution in [0.4, 0.5) is 18.0 Å². The second-order valence-corrected chi connectivity index (χ2v) is 4.40. The SMILES string of the molecule is NC(=O)C1CCCN1C(=O)N(CC(=O)O)CC(F)(F)F. The third-order valence-electron chi connectivity index (χ3n) is 2.79. The number of hydrogen-bond donors (Lipinski definition) is 2. The summed E-state index contributed by atoms with van der Waals surface area (Å²) in [5, 5.41) is 8.58. The number of nitrogens with zero attached hydrogens (tertiary/aromatic N) is 2. The summed E-state index contributed by atoms with van der Waals surface area (Å²) in [6.07, 6.45) is -4.05. The van der Waals surface area contributed by atoms with Crippen molar-refractivity contribution in [3.8, 4) is 0 Å². The Bertz CT molecular complexity index is 413. The molecule has 0 aromatic heterocycles. The third-order valence-corrected chi connectivity index (χ3v) is 2.79. The van der Waals surface area contributed by atoms with E-state index in [9.17, 15) is 27.6 Å². The van der Waals surface area contributed by atoms with Crippen LogP contribution in [0.5, 0.6) is 0 Å². The minimum Gasteiger partial charge on any atom is -0.480 e. The van der Waals surface area contributed by atoms with Crippen molar-refractivity contribution in [2.75, 3.05) is 19.6 Å². The monoisotopic (exact) mass is 297 g/mol. The number of halogens is 3. The first-order chi connectivity index (χ1) is 9.11. The zero-order valence-electron chi connectivity index (χ0n) is 10.4. The molecule has 10 heteroatoms. The Morgan fingerprint density at radius 2 is 1.95 bits per heavy atom. The smallest absolute Gasteiger partial charge is 0.406 e. The summed E-state index contributed by atoms with van der Waals surface area (Å²) in [5.74, 6) is -2.39. The predicted octanol–water partition coefficient (Wildman–Crippen LogP) is 0.00500. The Morgan fingerprint density at radius 3 is 2.40 bits per heavy atom. The molecule has 1 rings (SSSR count). The van der Waals surface area contributed by atoms with Crippen molar-refractivity contribution in [1.82, 2.24) is 9.80 Å². The molecular formula is C10H14F3N3O4. The molecule has 3 amide bonds. The number of rotatable bonds is 4. The maximum atomic E-state index is 12.4. The number of primary amides is 1. The molecule has 1 heterocycles. The van der Waals surface area contributed by atoms with Crippen molar-refractivity contribution in [2.24, 2.45) is 5.73 Å². The van der Waals surface area contributed by atoms with E-state index in [2.05, 4.69) is 0 Å². The lowest BCUT2D eigenvalue weighted by molar-refractivity contribution is -0.149. The molecular weight excluding hydrogens is 283 g/mol. The molecule has 3 N–H and O–H groups in total. The van der Waals surface area contributed by atoms with E-state index in [1.54, 1.807) is 0 Å². The highest BCUT2D eigenvalue weighted by Gasteiger charge is 2.40. The van der Waals surface area contributed by atoms with E-state index in [0.717, 1.165) is 4.90 Å². The molecule has 0 spiro atoms. The number of nitrogens with two attached hydrogens (primary N) is 1. The highest BCUT2D eigenvalue weighted by Crippen LogP contribution is 2.22. The molecule has 1 saturated heterocycles. The van der Waals surface area contributed by atoms with Crippen LogP contribution in [-0.2, 0) is 9.59 Å². The normalized spacial score (nSPS) is 18.9. The van der Waals surface area contributed by atoms with Crippen molar-refractivity contribution >= 4 is 17.9 Å². The number of amides is 3. The first-order valence-corrected chi connectivity index (χ1v) is 5.75. The molecule has 0 aromatic rings. The number of likely N-dealkylation sites (tertiary alicyclic amines) is 1. The first-order valence-electron chi connectivity index (χ1n) is 5.75. The van der Waals surface area contributed by atoms with Crippen LogP contribution in [0.1, 0.15) is 12.8 Å². The summed E-state index contributed by atoms with van der Waals surface area (Å²) < 4.78 is 37.1. The Morgan fingerprint density at radius 1 is 1.35 bits per heavy atom. The Kier molecular flexibility index (Phi) is 4.79. The summed E-state index contributed by atoms with van der Waals surface area (Å²) in [6.45, 7) is -2.72. The van der Waals surface area contributed by atoms with E-state index < -0.39 is 43.2 Å². The standard InChI is InChI=1S/C10H14F3N3O4/c11-10(12,13)5-15(4-7(17)18)9(20)16-3-1-2-6(16)8(14)19/h6H,1-5H2,(H2,14,19)(H,17,18). The van der Waals surface area contributed by atoms with Gasteiger partial charge in [0.2, 0.25) is 5.91 Å². The van der Waals surface area contributed by atoms with Gasteiger partial charge in [-0.25, -0.2) is 4.79 Å². The van der Waals surface area contributed by atoms with Crippen molar-refractivity contribution < 1.29 is 32.7 Å². The summed E-state index contributed by atoms with van der Waals surface area (Å²) in [6, 6.07) is -2.14. The summed E-state index contributed by atoms with van der Waals surface area (Å²) in [7, 11) is 0. The van der Waals surface area contributed by atoms with Gasteiger partial charge in [0.05, 0.1) is 0 Å². The largest absolute Gasteiger partial charge is 0.480 e. The summed E-state index contributed by atoms with van der Waals surface area (Å²) in [5.41, 5.74) is 5.06. The van der Waals surface area contributed by atoms with Crippen LogP contribution in [0.15, 0.2) is 0 Å². The molecule has 0 saturated carbocycles. The van der Waals surface area contributed by atoms with Crippen LogP contribution in [0.25, 0.3) is 0 Å². The highest BCUT2D eigenvalue weighted by molar-refractivity contribution is 5.87. The Balaban J connectivity index is 2.86. The molecule has 20 heavy (non-hydrogen) atoms. The minimum atomic E-state index is -4.73. The van der Waals surface area contributed by atoms with Gasteiger partial charge < -0.3 is 20.6 Å². The fourth-order valence-electron chi connectivity index (χ4n) is 2.04. The minimum absolute atomic E-state index is 0.0699. The highest BCUT2D eigenvalue weighted by atomic mass is 19.4. The van der Waals surface area contributed by atoms with E-state index >= 15 is 0 Å². The number of alkyl halides is 3. The molecule has 114 valence electrons. The lowest BCUT2D eigenvalue weighted by atomic mass is 10.2. The average molecular weight is 297 g/mol. The van der Waals surface area contributed by atoms with Crippen LogP contribution < -0.4 is 5.73 Å². The zero-order chi connectivity index (χ0) is 15.5. The van der Waals surface area contributed by atoms with E-state index in [0.29, 0.717) is 6.42 Å². The predicted molar refractivity (Wildman–Crippen MR) is 59.6 cm³/mol. The molecule has 1 atom stereocenters. The van der Waals surface area contributed by atoms with Gasteiger partial charge in [-0.1, -0.05) is 0 Å². The maximum Gasteiger partial charge on any atom is 0.406 e. The van der Waals surface area contributed by atoms with E-state index in [1.165, 1.54) is 0 Å². The van der Waals surface area contributed by atoms with E-state index in [4.69, 9.17) is 10.8 Å². The molecule has 1 fully saturated rings. The lowest BCUT2D eigenvalue weighted by Gasteiger charge is -2.30. The van der Waals surface area contributed by atoms with Crippen LogP contribution in [0.3, 0.4) is 0 Å². The number of carboxylic acids is 1. The molecule has 0 aliphatic carbocycles. The number of carbonyl (C=O) groups is 3. The first kappa shape index (κ1) is 16.1. The number of aliphatic carboxylic acids is 1. The molecule has 1 unspecified atom stereocenters. The average Bonchev–Trinajstić information content (AvgIpc) is 2.73. The molecule has 1 aliphatic heterocycles. The van der Waals surface area contributed by atoms with Gasteiger partial charge in [-0.05, 0) is 12.8 Å². The van der Waals surface area contributed by atoms with Gasteiger partial charge in [0, 0.05) is 6.54 Å². The van der Waals surface area contributed by atoms with Crippen molar-refractivity contribution in [3.05, 3.63) is 0 Å². The van der Waals surface area contributed by atoms with Gasteiger partial charge in [0.25, 0.3) is 0 Å². The number of carboxylic acid groups (broad SMARTS) is 1. The molecule has 0 radical (unpaired) electrons. The number of hydrogen-bond acceptors (Lipinski definition) is 3. The summed E-state index contributed by atoms with van der Waals surface area (Å²) in [4.78, 5) is 34.7. The van der Waals surface area contributed by atoms with E-state index in [1.807, 2.05) is 0 Å².